The Morgan fingerprint density at radius 2 is 1.92 bits per heavy atom. The van der Waals surface area contributed by atoms with Gasteiger partial charge in [0.2, 0.25) is 0 Å². The van der Waals surface area contributed by atoms with E-state index < -0.39 is 0 Å². The van der Waals surface area contributed by atoms with Gasteiger partial charge in [-0.05, 0) is 36.1 Å². The fourth-order valence-electron chi connectivity index (χ4n) is 3.23. The molecule has 136 valence electrons. The molecule has 0 N–H and O–H groups in total. The van der Waals surface area contributed by atoms with Gasteiger partial charge in [-0.1, -0.05) is 18.2 Å². The van der Waals surface area contributed by atoms with Crippen LogP contribution in [0.3, 0.4) is 0 Å². The summed E-state index contributed by atoms with van der Waals surface area (Å²) in [6, 6.07) is 14.1. The third-order valence-corrected chi connectivity index (χ3v) is 6.73. The van der Waals surface area contributed by atoms with Crippen LogP contribution in [0.1, 0.15) is 16.1 Å². The molecule has 0 saturated carbocycles. The summed E-state index contributed by atoms with van der Waals surface area (Å²) in [6.45, 7) is 5.12. The predicted molar refractivity (Wildman–Crippen MR) is 109 cm³/mol. The molecule has 1 aliphatic rings. The number of carbonyl (C=O) groups is 1. The van der Waals surface area contributed by atoms with Crippen molar-refractivity contribution < 1.29 is 9.53 Å². The van der Waals surface area contributed by atoms with Crippen LogP contribution in [-0.2, 0) is 0 Å². The number of ether oxygens (including phenoxy) is 1. The fraction of sp³-hybridized carbons (Fsp3) is 0.350. The van der Waals surface area contributed by atoms with E-state index in [1.54, 1.807) is 22.7 Å². The summed E-state index contributed by atoms with van der Waals surface area (Å²) in [5, 5.41) is 2.08. The highest BCUT2D eigenvalue weighted by Crippen LogP contribution is 2.30. The second-order valence-electron chi connectivity index (χ2n) is 6.41. The second-order valence-corrected chi connectivity index (χ2v) is 8.44. The SMILES string of the molecule is O=C(c1cc2sccc2s1)N1CCCN(CCOc2ccccc2)CC1. The number of amides is 1. The van der Waals surface area contributed by atoms with Gasteiger partial charge in [-0.2, -0.15) is 0 Å². The predicted octanol–water partition coefficient (Wildman–Crippen LogP) is 4.19. The van der Waals surface area contributed by atoms with Crippen molar-refractivity contribution in [2.75, 3.05) is 39.3 Å². The van der Waals surface area contributed by atoms with Gasteiger partial charge in [0.1, 0.15) is 12.4 Å². The summed E-state index contributed by atoms with van der Waals surface area (Å²) in [4.78, 5) is 18.1. The molecule has 3 heterocycles. The minimum Gasteiger partial charge on any atom is -0.492 e. The molecule has 1 fully saturated rings. The maximum atomic E-state index is 12.8. The molecule has 0 bridgehead atoms. The first kappa shape index (κ1) is 17.5. The summed E-state index contributed by atoms with van der Waals surface area (Å²) in [6.07, 6.45) is 1.01. The fourth-order valence-corrected chi connectivity index (χ4v) is 5.31. The maximum absolute atomic E-state index is 12.8. The van der Waals surface area contributed by atoms with Crippen LogP contribution in [-0.4, -0.2) is 55.0 Å². The number of para-hydroxylation sites is 1. The minimum atomic E-state index is 0.181. The van der Waals surface area contributed by atoms with Crippen molar-refractivity contribution in [2.45, 2.75) is 6.42 Å². The van der Waals surface area contributed by atoms with Gasteiger partial charge >= 0.3 is 0 Å². The normalized spacial score (nSPS) is 15.9. The Morgan fingerprint density at radius 3 is 2.77 bits per heavy atom. The van der Waals surface area contributed by atoms with Gasteiger partial charge in [-0.15, -0.1) is 22.7 Å². The lowest BCUT2D eigenvalue weighted by atomic mass is 10.3. The van der Waals surface area contributed by atoms with Crippen LogP contribution in [0.2, 0.25) is 0 Å². The van der Waals surface area contributed by atoms with Crippen molar-refractivity contribution in [3.63, 3.8) is 0 Å². The molecule has 1 amide bonds. The molecule has 0 spiro atoms. The highest BCUT2D eigenvalue weighted by atomic mass is 32.1. The van der Waals surface area contributed by atoms with Gasteiger partial charge in [0.25, 0.3) is 5.91 Å². The number of hydrogen-bond donors (Lipinski definition) is 0. The lowest BCUT2D eigenvalue weighted by Gasteiger charge is -2.21. The van der Waals surface area contributed by atoms with Crippen LogP contribution >= 0.6 is 22.7 Å². The Labute approximate surface area is 161 Å². The molecule has 2 aromatic heterocycles. The smallest absolute Gasteiger partial charge is 0.264 e. The monoisotopic (exact) mass is 386 g/mol. The van der Waals surface area contributed by atoms with Gasteiger partial charge in [-0.25, -0.2) is 0 Å². The highest BCUT2D eigenvalue weighted by Gasteiger charge is 2.22. The van der Waals surface area contributed by atoms with Crippen molar-refractivity contribution in [3.05, 3.63) is 52.7 Å². The summed E-state index contributed by atoms with van der Waals surface area (Å²) >= 11 is 3.31. The Balaban J connectivity index is 1.28. The molecule has 1 aliphatic heterocycles. The van der Waals surface area contributed by atoms with Crippen LogP contribution in [0, 0.1) is 0 Å². The molecule has 4 nitrogen and oxygen atoms in total. The first-order valence-corrected chi connectivity index (χ1v) is 10.7. The van der Waals surface area contributed by atoms with Crippen LogP contribution in [0.4, 0.5) is 0 Å². The molecule has 1 aromatic carbocycles. The van der Waals surface area contributed by atoms with E-state index in [4.69, 9.17) is 4.74 Å². The van der Waals surface area contributed by atoms with E-state index in [1.165, 1.54) is 9.40 Å². The summed E-state index contributed by atoms with van der Waals surface area (Å²) in [7, 11) is 0. The molecule has 0 atom stereocenters. The van der Waals surface area contributed by atoms with E-state index in [0.717, 1.165) is 49.8 Å². The first-order valence-electron chi connectivity index (χ1n) is 8.96. The Hall–Kier alpha value is -1.89. The van der Waals surface area contributed by atoms with E-state index in [9.17, 15) is 4.79 Å². The Morgan fingerprint density at radius 1 is 1.04 bits per heavy atom. The van der Waals surface area contributed by atoms with Crippen molar-refractivity contribution in [1.82, 2.24) is 9.80 Å². The number of fused-ring (bicyclic) bond motifs is 1. The van der Waals surface area contributed by atoms with Gasteiger partial charge in [0.15, 0.2) is 0 Å². The number of benzene rings is 1. The zero-order valence-corrected chi connectivity index (χ0v) is 16.2. The van der Waals surface area contributed by atoms with E-state index in [-0.39, 0.29) is 5.91 Å². The van der Waals surface area contributed by atoms with Gasteiger partial charge in [0, 0.05) is 42.1 Å². The Bertz CT molecular complexity index is 830. The molecule has 6 heteroatoms. The van der Waals surface area contributed by atoms with E-state index in [1.807, 2.05) is 41.3 Å². The van der Waals surface area contributed by atoms with Crippen molar-refractivity contribution in [1.29, 1.82) is 0 Å². The minimum absolute atomic E-state index is 0.181. The highest BCUT2D eigenvalue weighted by molar-refractivity contribution is 7.27. The maximum Gasteiger partial charge on any atom is 0.264 e. The van der Waals surface area contributed by atoms with Crippen molar-refractivity contribution in [2.24, 2.45) is 0 Å². The molecule has 3 aromatic rings. The number of nitrogens with zero attached hydrogens (tertiary/aromatic N) is 2. The van der Waals surface area contributed by atoms with E-state index >= 15 is 0 Å². The zero-order valence-electron chi connectivity index (χ0n) is 14.6. The average Bonchev–Trinajstić information content (AvgIpc) is 3.18. The molecular formula is C20H22N2O2S2. The van der Waals surface area contributed by atoms with Crippen LogP contribution in [0.25, 0.3) is 9.40 Å². The van der Waals surface area contributed by atoms with Crippen LogP contribution in [0.5, 0.6) is 5.75 Å². The van der Waals surface area contributed by atoms with E-state index in [2.05, 4.69) is 16.3 Å². The van der Waals surface area contributed by atoms with Gasteiger partial charge in [0.05, 0.1) is 4.88 Å². The molecular weight excluding hydrogens is 364 g/mol. The molecule has 4 rings (SSSR count). The van der Waals surface area contributed by atoms with Gasteiger partial charge in [-0.3, -0.25) is 9.69 Å². The molecule has 0 aliphatic carbocycles. The second kappa shape index (κ2) is 8.20. The third-order valence-electron chi connectivity index (χ3n) is 4.65. The number of hydrogen-bond acceptors (Lipinski definition) is 5. The lowest BCUT2D eigenvalue weighted by molar-refractivity contribution is 0.0765. The lowest BCUT2D eigenvalue weighted by Crippen LogP contribution is -2.36. The van der Waals surface area contributed by atoms with Crippen LogP contribution in [0.15, 0.2) is 47.8 Å². The molecule has 0 radical (unpaired) electrons. The van der Waals surface area contributed by atoms with E-state index in [0.29, 0.717) is 6.61 Å². The topological polar surface area (TPSA) is 32.8 Å². The quantitative estimate of drug-likeness (QED) is 0.659. The third kappa shape index (κ3) is 4.09. The zero-order chi connectivity index (χ0) is 17.8. The summed E-state index contributed by atoms with van der Waals surface area (Å²) in [5.41, 5.74) is 0. The van der Waals surface area contributed by atoms with Crippen LogP contribution < -0.4 is 4.74 Å². The Kier molecular flexibility index (Phi) is 5.53. The number of thiophene rings is 2. The van der Waals surface area contributed by atoms with Crippen molar-refractivity contribution in [3.8, 4) is 5.75 Å². The van der Waals surface area contributed by atoms with Crippen molar-refractivity contribution >= 4 is 38.0 Å². The molecule has 0 unspecified atom stereocenters. The number of carbonyl (C=O) groups excluding carboxylic acids is 1. The average molecular weight is 387 g/mol. The first-order chi connectivity index (χ1) is 12.8. The molecule has 1 saturated heterocycles. The summed E-state index contributed by atoms with van der Waals surface area (Å²) in [5.74, 6) is 1.09. The standard InChI is InChI=1S/C20H22N2O2S2/c23-20(19-15-18-17(26-19)7-14-25-18)22-9-4-8-21(10-11-22)12-13-24-16-5-2-1-3-6-16/h1-3,5-7,14-15H,4,8-13H2. The molecule has 26 heavy (non-hydrogen) atoms. The van der Waals surface area contributed by atoms with Gasteiger partial charge < -0.3 is 9.64 Å². The number of rotatable bonds is 5. The summed E-state index contributed by atoms with van der Waals surface area (Å²) < 4.78 is 8.23. The largest absolute Gasteiger partial charge is 0.492 e.